The maximum atomic E-state index is 6.31. The Bertz CT molecular complexity index is 169. The molecule has 0 fully saturated rings. The molecule has 0 aliphatic heterocycles. The standard InChI is InChI=1S/C9H27N3OSi2/c1-8-9-15(11(4)5,12(6)7)13-14-10(2)3/h8-9,14H2,1-7H3. The molecule has 4 nitrogen and oxygen atoms in total. The van der Waals surface area contributed by atoms with Crippen molar-refractivity contribution in [2.75, 3.05) is 42.3 Å². The molecule has 0 aromatic rings. The van der Waals surface area contributed by atoms with Gasteiger partial charge in [0, 0.05) is 0 Å². The third kappa shape index (κ3) is 4.33. The molecule has 0 heterocycles. The lowest BCUT2D eigenvalue weighted by Crippen LogP contribution is -2.64. The van der Waals surface area contributed by atoms with Gasteiger partial charge in [-0.25, -0.2) is 0 Å². The molecule has 0 amide bonds. The molecule has 0 rings (SSSR count). The van der Waals surface area contributed by atoms with E-state index in [4.69, 9.17) is 4.12 Å². The van der Waals surface area contributed by atoms with Gasteiger partial charge < -0.3 is 8.68 Å². The second-order valence-corrected chi connectivity index (χ2v) is 11.1. The molecule has 0 unspecified atom stereocenters. The van der Waals surface area contributed by atoms with E-state index in [0.29, 0.717) is 0 Å². The van der Waals surface area contributed by atoms with Crippen LogP contribution in [0.15, 0.2) is 0 Å². The van der Waals surface area contributed by atoms with Gasteiger partial charge in [-0.05, 0) is 48.3 Å². The minimum absolute atomic E-state index is 0.552. The van der Waals surface area contributed by atoms with E-state index in [2.05, 4.69) is 62.9 Å². The Labute approximate surface area is 98.5 Å². The van der Waals surface area contributed by atoms with Gasteiger partial charge in [0.25, 0.3) is 0 Å². The van der Waals surface area contributed by atoms with Crippen LogP contribution < -0.4 is 0 Å². The summed E-state index contributed by atoms with van der Waals surface area (Å²) in [5.41, 5.74) is 0. The highest BCUT2D eigenvalue weighted by Gasteiger charge is 2.40. The molecule has 0 aromatic carbocycles. The second kappa shape index (κ2) is 6.77. The molecule has 15 heavy (non-hydrogen) atoms. The zero-order chi connectivity index (χ0) is 12.1. The fraction of sp³-hybridized carbons (Fsp3) is 1.00. The summed E-state index contributed by atoms with van der Waals surface area (Å²) < 4.78 is 13.1. The first kappa shape index (κ1) is 15.3. The van der Waals surface area contributed by atoms with E-state index in [-0.39, 0.29) is 0 Å². The minimum Gasteiger partial charge on any atom is -0.425 e. The SMILES string of the molecule is CCC[Si](O[SiH2]N(C)C)(N(C)C)N(C)C. The second-order valence-electron chi connectivity index (χ2n) is 4.64. The Morgan fingerprint density at radius 2 is 1.47 bits per heavy atom. The number of hydrogen-bond donors (Lipinski definition) is 0. The Morgan fingerprint density at radius 1 is 1.00 bits per heavy atom. The van der Waals surface area contributed by atoms with Crippen molar-refractivity contribution in [3.8, 4) is 0 Å². The van der Waals surface area contributed by atoms with E-state index >= 15 is 0 Å². The van der Waals surface area contributed by atoms with Crippen molar-refractivity contribution < 1.29 is 4.12 Å². The van der Waals surface area contributed by atoms with Crippen LogP contribution in [0.25, 0.3) is 0 Å². The minimum atomic E-state index is -1.83. The largest absolute Gasteiger partial charge is 0.425 e. The van der Waals surface area contributed by atoms with Crippen LogP contribution in [-0.4, -0.2) is 74.5 Å². The van der Waals surface area contributed by atoms with Crippen LogP contribution in [0, 0.1) is 0 Å². The first-order valence-corrected chi connectivity index (χ1v) is 8.72. The zero-order valence-electron chi connectivity index (χ0n) is 11.4. The maximum Gasteiger partial charge on any atom is 0.346 e. The van der Waals surface area contributed by atoms with Gasteiger partial charge in [-0.2, -0.15) is 0 Å². The van der Waals surface area contributed by atoms with Crippen molar-refractivity contribution in [2.45, 2.75) is 19.4 Å². The van der Waals surface area contributed by atoms with E-state index in [9.17, 15) is 0 Å². The van der Waals surface area contributed by atoms with Crippen molar-refractivity contribution in [3.63, 3.8) is 0 Å². The summed E-state index contributed by atoms with van der Waals surface area (Å²) in [6.07, 6.45) is 1.18. The topological polar surface area (TPSA) is 19.0 Å². The summed E-state index contributed by atoms with van der Waals surface area (Å²) in [4.78, 5) is 0. The lowest BCUT2D eigenvalue weighted by Gasteiger charge is -2.42. The van der Waals surface area contributed by atoms with Crippen LogP contribution in [0.5, 0.6) is 0 Å². The Hall–Kier alpha value is 0.274. The van der Waals surface area contributed by atoms with E-state index in [1.165, 1.54) is 12.5 Å². The summed E-state index contributed by atoms with van der Waals surface area (Å²) in [6.45, 7) is 2.23. The van der Waals surface area contributed by atoms with Gasteiger partial charge in [0.1, 0.15) is 0 Å². The van der Waals surface area contributed by atoms with E-state index < -0.39 is 18.6 Å². The molecule has 6 heteroatoms. The van der Waals surface area contributed by atoms with E-state index in [0.717, 1.165) is 0 Å². The van der Waals surface area contributed by atoms with E-state index in [1.807, 2.05) is 0 Å². The fourth-order valence-corrected chi connectivity index (χ4v) is 8.58. The Kier molecular flexibility index (Phi) is 6.89. The highest BCUT2D eigenvalue weighted by Crippen LogP contribution is 2.18. The molecular weight excluding hydrogens is 222 g/mol. The highest BCUT2D eigenvalue weighted by molar-refractivity contribution is 6.71. The first-order chi connectivity index (χ1) is 6.86. The summed E-state index contributed by atoms with van der Waals surface area (Å²) in [5, 5.41) is 0. The molecule has 0 spiro atoms. The summed E-state index contributed by atoms with van der Waals surface area (Å²) >= 11 is 0. The van der Waals surface area contributed by atoms with Crippen LogP contribution in [0.1, 0.15) is 13.3 Å². The van der Waals surface area contributed by atoms with Gasteiger partial charge in [0.15, 0.2) is 0 Å². The molecule has 0 saturated carbocycles. The molecule has 0 atom stereocenters. The molecule has 0 aliphatic carbocycles. The lowest BCUT2D eigenvalue weighted by atomic mass is 10.6. The molecule has 92 valence electrons. The van der Waals surface area contributed by atoms with Crippen LogP contribution in [-0.2, 0) is 4.12 Å². The Balaban J connectivity index is 4.63. The van der Waals surface area contributed by atoms with Crippen molar-refractivity contribution in [1.29, 1.82) is 0 Å². The molecule has 0 aliphatic rings. The zero-order valence-corrected chi connectivity index (χ0v) is 13.8. The monoisotopic (exact) mass is 249 g/mol. The number of nitrogens with zero attached hydrogens (tertiary/aromatic N) is 3. The summed E-state index contributed by atoms with van der Waals surface area (Å²) in [7, 11) is 10.4. The Morgan fingerprint density at radius 3 is 1.73 bits per heavy atom. The highest BCUT2D eigenvalue weighted by atomic mass is 28.4. The fourth-order valence-electron chi connectivity index (χ4n) is 1.74. The molecular formula is C9H27N3OSi2. The van der Waals surface area contributed by atoms with Gasteiger partial charge in [-0.15, -0.1) is 0 Å². The van der Waals surface area contributed by atoms with Crippen LogP contribution in [0.3, 0.4) is 0 Å². The predicted molar refractivity (Wildman–Crippen MR) is 71.5 cm³/mol. The normalized spacial score (nSPS) is 14.0. The van der Waals surface area contributed by atoms with Gasteiger partial charge in [0.05, 0.1) is 0 Å². The maximum absolute atomic E-state index is 6.31. The van der Waals surface area contributed by atoms with Crippen molar-refractivity contribution in [3.05, 3.63) is 0 Å². The molecule has 0 bridgehead atoms. The van der Waals surface area contributed by atoms with Gasteiger partial charge >= 0.3 is 8.64 Å². The number of rotatable bonds is 7. The predicted octanol–water partition coefficient (Wildman–Crippen LogP) is 0.0355. The van der Waals surface area contributed by atoms with Gasteiger partial charge in [0.2, 0.25) is 9.92 Å². The summed E-state index contributed by atoms with van der Waals surface area (Å²) in [6, 6.07) is 1.17. The first-order valence-electron chi connectivity index (χ1n) is 5.50. The average molecular weight is 250 g/mol. The number of hydrogen-bond acceptors (Lipinski definition) is 4. The third-order valence-electron chi connectivity index (χ3n) is 2.53. The van der Waals surface area contributed by atoms with Crippen LogP contribution in [0.4, 0.5) is 0 Å². The van der Waals surface area contributed by atoms with Crippen molar-refractivity contribution in [1.82, 2.24) is 13.7 Å². The van der Waals surface area contributed by atoms with Gasteiger partial charge in [-0.3, -0.25) is 9.13 Å². The smallest absolute Gasteiger partial charge is 0.346 e. The quantitative estimate of drug-likeness (QED) is 0.593. The summed E-state index contributed by atoms with van der Waals surface area (Å²) in [5.74, 6) is 0. The third-order valence-corrected chi connectivity index (χ3v) is 9.36. The van der Waals surface area contributed by atoms with E-state index in [1.54, 1.807) is 0 Å². The average Bonchev–Trinajstić information content (AvgIpc) is 2.10. The molecule has 0 aromatic heterocycles. The molecule has 0 radical (unpaired) electrons. The molecule has 0 N–H and O–H groups in total. The lowest BCUT2D eigenvalue weighted by molar-refractivity contribution is 0.327. The molecule has 0 saturated heterocycles. The van der Waals surface area contributed by atoms with Crippen molar-refractivity contribution in [2.24, 2.45) is 0 Å². The van der Waals surface area contributed by atoms with Crippen molar-refractivity contribution >= 4 is 18.6 Å². The van der Waals surface area contributed by atoms with Crippen LogP contribution in [0.2, 0.25) is 6.04 Å². The van der Waals surface area contributed by atoms with Gasteiger partial charge in [-0.1, -0.05) is 13.3 Å². The van der Waals surface area contributed by atoms with Crippen LogP contribution >= 0.6 is 0 Å².